The zero-order valence-corrected chi connectivity index (χ0v) is 9.33. The Labute approximate surface area is 89.7 Å². The molecule has 0 spiro atoms. The van der Waals surface area contributed by atoms with E-state index in [1.807, 2.05) is 17.7 Å². The van der Waals surface area contributed by atoms with Crippen LogP contribution in [-0.2, 0) is 0 Å². The second-order valence-electron chi connectivity index (χ2n) is 3.76. The molecule has 3 heteroatoms. The Kier molecular flexibility index (Phi) is 2.50. The van der Waals surface area contributed by atoms with Crippen LogP contribution in [0.2, 0.25) is 0 Å². The van der Waals surface area contributed by atoms with Gasteiger partial charge in [0.25, 0.3) is 0 Å². The molecule has 0 radical (unpaired) electrons. The average molecular weight is 206 g/mol. The van der Waals surface area contributed by atoms with Crippen LogP contribution in [0.4, 0.5) is 0 Å². The monoisotopic (exact) mass is 206 g/mol. The van der Waals surface area contributed by atoms with Crippen molar-refractivity contribution in [1.82, 2.24) is 9.78 Å². The number of nitrogens with zero attached hydrogens (tertiary/aromatic N) is 2. The number of aromatic nitrogens is 2. The van der Waals surface area contributed by atoms with Crippen molar-refractivity contribution in [2.45, 2.75) is 25.3 Å². The minimum Gasteiger partial charge on any atom is -0.237 e. The molecule has 1 aliphatic carbocycles. The molecule has 74 valence electrons. The molecule has 0 saturated carbocycles. The fourth-order valence-corrected chi connectivity index (χ4v) is 1.87. The third-order valence-electron chi connectivity index (χ3n) is 2.41. The lowest BCUT2D eigenvalue weighted by atomic mass is 10.0. The van der Waals surface area contributed by atoms with Crippen LogP contribution in [0.25, 0.3) is 5.70 Å². The summed E-state index contributed by atoms with van der Waals surface area (Å²) < 4.78 is 1.94. The van der Waals surface area contributed by atoms with Gasteiger partial charge >= 0.3 is 0 Å². The third-order valence-corrected chi connectivity index (χ3v) is 2.63. The molecule has 0 N–H and O–H groups in total. The molecule has 0 bridgehead atoms. The van der Waals surface area contributed by atoms with E-state index in [9.17, 15) is 0 Å². The van der Waals surface area contributed by atoms with Gasteiger partial charge in [0.05, 0.1) is 5.70 Å². The van der Waals surface area contributed by atoms with Crippen LogP contribution >= 0.6 is 12.6 Å². The van der Waals surface area contributed by atoms with Gasteiger partial charge in [-0.05, 0) is 31.4 Å². The highest BCUT2D eigenvalue weighted by Crippen LogP contribution is 2.21. The first-order valence-electron chi connectivity index (χ1n) is 4.81. The van der Waals surface area contributed by atoms with Gasteiger partial charge in [0, 0.05) is 5.69 Å². The van der Waals surface area contributed by atoms with Crippen molar-refractivity contribution >= 4 is 18.3 Å². The molecular formula is C11H14N2S. The highest BCUT2D eigenvalue weighted by atomic mass is 32.1. The molecule has 1 atom stereocenters. The second kappa shape index (κ2) is 3.65. The molecule has 0 saturated heterocycles. The molecule has 0 aromatic carbocycles. The van der Waals surface area contributed by atoms with E-state index in [4.69, 9.17) is 0 Å². The Morgan fingerprint density at radius 3 is 2.86 bits per heavy atom. The zero-order valence-electron chi connectivity index (χ0n) is 8.44. The number of hydrogen-bond donors (Lipinski definition) is 1. The summed E-state index contributed by atoms with van der Waals surface area (Å²) in [6.07, 6.45) is 7.65. The molecular weight excluding hydrogens is 192 g/mol. The Morgan fingerprint density at radius 2 is 2.36 bits per heavy atom. The number of allylic oxidation sites excluding steroid dienone is 4. The third kappa shape index (κ3) is 1.77. The second-order valence-corrected chi connectivity index (χ2v) is 4.22. The number of thiol groups is 1. The summed E-state index contributed by atoms with van der Waals surface area (Å²) in [4.78, 5) is 0. The molecule has 1 unspecified atom stereocenters. The van der Waals surface area contributed by atoms with Crippen LogP contribution in [0.15, 0.2) is 29.3 Å². The fourth-order valence-electron chi connectivity index (χ4n) is 1.59. The molecule has 1 aliphatic rings. The van der Waals surface area contributed by atoms with Gasteiger partial charge in [0.2, 0.25) is 0 Å². The SMILES string of the molecule is Cc1cc(S)nn1C1=CCC(C)C=C1. The van der Waals surface area contributed by atoms with Crippen molar-refractivity contribution in [2.75, 3.05) is 0 Å². The van der Waals surface area contributed by atoms with Gasteiger partial charge in [-0.2, -0.15) is 5.10 Å². The van der Waals surface area contributed by atoms with Crippen LogP contribution in [0.1, 0.15) is 19.0 Å². The van der Waals surface area contributed by atoms with Crippen molar-refractivity contribution in [1.29, 1.82) is 0 Å². The maximum absolute atomic E-state index is 4.32. The van der Waals surface area contributed by atoms with Crippen molar-refractivity contribution < 1.29 is 0 Å². The van der Waals surface area contributed by atoms with E-state index in [1.54, 1.807) is 0 Å². The summed E-state index contributed by atoms with van der Waals surface area (Å²) in [5.41, 5.74) is 2.28. The molecule has 1 aromatic rings. The summed E-state index contributed by atoms with van der Waals surface area (Å²) >= 11 is 4.23. The maximum Gasteiger partial charge on any atom is 0.116 e. The quantitative estimate of drug-likeness (QED) is 0.699. The Hall–Kier alpha value is -0.960. The molecule has 0 aliphatic heterocycles. The number of rotatable bonds is 1. The Bertz CT molecular complexity index is 401. The van der Waals surface area contributed by atoms with Gasteiger partial charge in [0.1, 0.15) is 5.03 Å². The van der Waals surface area contributed by atoms with E-state index in [-0.39, 0.29) is 0 Å². The predicted molar refractivity (Wildman–Crippen MR) is 61.4 cm³/mol. The van der Waals surface area contributed by atoms with E-state index in [0.717, 1.165) is 22.8 Å². The number of hydrogen-bond acceptors (Lipinski definition) is 2. The van der Waals surface area contributed by atoms with Gasteiger partial charge in [-0.3, -0.25) is 0 Å². The van der Waals surface area contributed by atoms with Crippen LogP contribution in [0, 0.1) is 12.8 Å². The van der Waals surface area contributed by atoms with Crippen molar-refractivity contribution in [3.63, 3.8) is 0 Å². The van der Waals surface area contributed by atoms with E-state index >= 15 is 0 Å². The Morgan fingerprint density at radius 1 is 1.57 bits per heavy atom. The summed E-state index contributed by atoms with van der Waals surface area (Å²) in [5.74, 6) is 0.644. The Balaban J connectivity index is 2.33. The molecule has 2 rings (SSSR count). The minimum atomic E-state index is 0.644. The lowest BCUT2D eigenvalue weighted by Gasteiger charge is -2.12. The van der Waals surface area contributed by atoms with Crippen molar-refractivity contribution in [3.8, 4) is 0 Å². The molecule has 1 heterocycles. The summed E-state index contributed by atoms with van der Waals surface area (Å²) in [6, 6.07) is 1.97. The largest absolute Gasteiger partial charge is 0.237 e. The highest BCUT2D eigenvalue weighted by molar-refractivity contribution is 7.80. The zero-order chi connectivity index (χ0) is 10.1. The van der Waals surface area contributed by atoms with Gasteiger partial charge in [-0.1, -0.05) is 19.1 Å². The topological polar surface area (TPSA) is 17.8 Å². The maximum atomic E-state index is 4.32. The normalized spacial score (nSPS) is 21.1. The summed E-state index contributed by atoms with van der Waals surface area (Å²) in [7, 11) is 0. The molecule has 1 aromatic heterocycles. The fraction of sp³-hybridized carbons (Fsp3) is 0.364. The first kappa shape index (κ1) is 9.59. The van der Waals surface area contributed by atoms with Crippen LogP contribution < -0.4 is 0 Å². The van der Waals surface area contributed by atoms with Crippen molar-refractivity contribution in [2.24, 2.45) is 5.92 Å². The standard InChI is InChI=1S/C11H14N2S/c1-8-3-5-10(6-4-8)13-9(2)7-11(14)12-13/h3,5-8H,4H2,1-2H3,(H,12,14). The van der Waals surface area contributed by atoms with Crippen molar-refractivity contribution in [3.05, 3.63) is 30.0 Å². The summed E-state index contributed by atoms with van der Waals surface area (Å²) in [6.45, 7) is 4.25. The van der Waals surface area contributed by atoms with Crippen LogP contribution in [0.3, 0.4) is 0 Å². The molecule has 2 nitrogen and oxygen atoms in total. The predicted octanol–water partition coefficient (Wildman–Crippen LogP) is 2.92. The smallest absolute Gasteiger partial charge is 0.116 e. The summed E-state index contributed by atoms with van der Waals surface area (Å²) in [5, 5.41) is 5.09. The molecule has 0 fully saturated rings. The van der Waals surface area contributed by atoms with Gasteiger partial charge in [-0.25, -0.2) is 4.68 Å². The first-order chi connectivity index (χ1) is 6.66. The molecule has 0 amide bonds. The highest BCUT2D eigenvalue weighted by Gasteiger charge is 2.08. The van der Waals surface area contributed by atoms with E-state index in [0.29, 0.717) is 5.92 Å². The van der Waals surface area contributed by atoms with E-state index in [1.165, 1.54) is 0 Å². The average Bonchev–Trinajstić information content (AvgIpc) is 2.47. The first-order valence-corrected chi connectivity index (χ1v) is 5.26. The minimum absolute atomic E-state index is 0.644. The van der Waals surface area contributed by atoms with Gasteiger partial charge in [0.15, 0.2) is 0 Å². The van der Waals surface area contributed by atoms with Gasteiger partial charge < -0.3 is 0 Å². The number of aryl methyl sites for hydroxylation is 1. The molecule has 14 heavy (non-hydrogen) atoms. The van der Waals surface area contributed by atoms with Gasteiger partial charge in [-0.15, -0.1) is 12.6 Å². The van der Waals surface area contributed by atoms with Crippen LogP contribution in [0.5, 0.6) is 0 Å². The lowest BCUT2D eigenvalue weighted by molar-refractivity contribution is 0.724. The van der Waals surface area contributed by atoms with E-state index < -0.39 is 0 Å². The lowest BCUT2D eigenvalue weighted by Crippen LogP contribution is -2.03. The van der Waals surface area contributed by atoms with Crippen LogP contribution in [-0.4, -0.2) is 9.78 Å². The van der Waals surface area contributed by atoms with E-state index in [2.05, 4.69) is 42.9 Å².